The second kappa shape index (κ2) is 27.5. The summed E-state index contributed by atoms with van der Waals surface area (Å²) in [6.07, 6.45) is 6.74. The van der Waals surface area contributed by atoms with Crippen LogP contribution in [0.15, 0.2) is 72.9 Å². The number of allylic oxidation sites excluding steroid dienone is 10. The van der Waals surface area contributed by atoms with Crippen molar-refractivity contribution in [3.05, 3.63) is 72.9 Å². The number of hydrogen-bond donors (Lipinski definition) is 11. The Morgan fingerprint density at radius 3 is 1.98 bits per heavy atom. The van der Waals surface area contributed by atoms with E-state index in [4.69, 9.17) is 24.7 Å². The summed E-state index contributed by atoms with van der Waals surface area (Å²) in [6.45, 7) is 6.85. The number of hydrogen-bond acceptors (Lipinski definition) is 16. The van der Waals surface area contributed by atoms with Crippen molar-refractivity contribution >= 4 is 11.9 Å². The lowest BCUT2D eigenvalue weighted by atomic mass is 9.83. The number of aliphatic hydroxyl groups excluding tert-OH is 8. The molecular weight excluding hydrogens is 835 g/mol. The summed E-state index contributed by atoms with van der Waals surface area (Å²) in [4.78, 5) is 25.1. The van der Waals surface area contributed by atoms with Gasteiger partial charge in [0.15, 0.2) is 12.1 Å². The number of rotatable bonds is 3. The van der Waals surface area contributed by atoms with Crippen LogP contribution < -0.4 is 5.73 Å². The standard InChI is InChI=1S/C47H75NO16/c1-28-18-15-13-11-9-7-5-6-8-10-12-14-16-21-36(63-46-44(57)41(48)43(56)31(4)62-46)25-38-40(45(58)59)37(53)27-47(60,64-38)26-33(50)20-17-19-32(49)22-34(51)23-35(52)24-39(54)61-30(3)29(2)42(28)55/h5-6,8,10-16,18,21,28-38,40-44,46,49-53,55-57,60H,7,9,17,19-20,22-27,48H2,1-4H3,(H,58,59)/b6-5+,10-8+,13-11+,14-12+,18-15+,21-16+/t28?,29?,30?,31-,32?,33?,34?,35?,36?,37?,38?,40?,41+,42?,43-,44+,46+,47?/m1/s1. The highest BCUT2D eigenvalue weighted by Gasteiger charge is 2.50. The van der Waals surface area contributed by atoms with Gasteiger partial charge >= 0.3 is 11.9 Å². The molecule has 12 N–H and O–H groups in total. The first-order valence-corrected chi connectivity index (χ1v) is 22.5. The normalized spacial score (nSPS) is 44.6. The van der Waals surface area contributed by atoms with E-state index in [-0.39, 0.29) is 44.4 Å². The topological polar surface area (TPSA) is 299 Å². The molecule has 0 spiro atoms. The number of ether oxygens (including phenoxy) is 4. The lowest BCUT2D eigenvalue weighted by molar-refractivity contribution is -0.308. The number of cyclic esters (lactones) is 1. The third kappa shape index (κ3) is 18.6. The van der Waals surface area contributed by atoms with Crippen molar-refractivity contribution < 1.29 is 79.6 Å². The van der Waals surface area contributed by atoms with Crippen molar-refractivity contribution in [3.63, 3.8) is 0 Å². The van der Waals surface area contributed by atoms with Crippen LogP contribution in [0, 0.1) is 17.8 Å². The third-order valence-electron chi connectivity index (χ3n) is 12.1. The molecule has 0 aromatic rings. The maximum atomic E-state index is 12.6. The fourth-order valence-corrected chi connectivity index (χ4v) is 8.15. The molecular formula is C47H75NO16. The van der Waals surface area contributed by atoms with Gasteiger partial charge < -0.3 is 75.7 Å². The van der Waals surface area contributed by atoms with E-state index in [0.29, 0.717) is 0 Å². The molecule has 3 heterocycles. The molecule has 0 saturated carbocycles. The number of nitrogens with two attached hydrogens (primary N) is 1. The van der Waals surface area contributed by atoms with Crippen LogP contribution >= 0.6 is 0 Å². The largest absolute Gasteiger partial charge is 0.481 e. The summed E-state index contributed by atoms with van der Waals surface area (Å²) >= 11 is 0. The molecule has 17 heteroatoms. The van der Waals surface area contributed by atoms with Crippen LogP contribution in [-0.2, 0) is 28.5 Å². The van der Waals surface area contributed by atoms with Crippen LogP contribution in [0.3, 0.4) is 0 Å². The zero-order valence-electron chi connectivity index (χ0n) is 37.5. The van der Waals surface area contributed by atoms with E-state index < -0.39 is 134 Å². The first-order valence-electron chi connectivity index (χ1n) is 22.5. The fourth-order valence-electron chi connectivity index (χ4n) is 8.15. The van der Waals surface area contributed by atoms with Crippen LogP contribution in [0.1, 0.15) is 98.3 Å². The van der Waals surface area contributed by atoms with Gasteiger partial charge in [0.25, 0.3) is 0 Å². The summed E-state index contributed by atoms with van der Waals surface area (Å²) in [5.41, 5.74) is 6.03. The molecule has 18 atom stereocenters. The van der Waals surface area contributed by atoms with Gasteiger partial charge in [-0.1, -0.05) is 86.8 Å². The summed E-state index contributed by atoms with van der Waals surface area (Å²) in [5, 5.41) is 107. The number of carbonyl (C=O) groups is 2. The van der Waals surface area contributed by atoms with E-state index in [1.807, 2.05) is 49.5 Å². The third-order valence-corrected chi connectivity index (χ3v) is 12.1. The Hall–Kier alpha value is -3.14. The van der Waals surface area contributed by atoms with Crippen LogP contribution in [0.2, 0.25) is 0 Å². The molecule has 17 nitrogen and oxygen atoms in total. The molecule has 364 valence electrons. The van der Waals surface area contributed by atoms with Crippen LogP contribution in [0.5, 0.6) is 0 Å². The Balaban J connectivity index is 1.81. The first kappa shape index (κ1) is 55.2. The van der Waals surface area contributed by atoms with Gasteiger partial charge in [0.1, 0.15) is 18.1 Å². The lowest BCUT2D eigenvalue weighted by Crippen LogP contribution is -2.61. The predicted molar refractivity (Wildman–Crippen MR) is 236 cm³/mol. The van der Waals surface area contributed by atoms with E-state index in [9.17, 15) is 60.7 Å². The van der Waals surface area contributed by atoms with Gasteiger partial charge in [0, 0.05) is 31.1 Å². The molecule has 0 aromatic heterocycles. The zero-order valence-corrected chi connectivity index (χ0v) is 37.5. The highest BCUT2D eigenvalue weighted by atomic mass is 16.7. The fraction of sp³-hybridized carbons (Fsp3) is 0.702. The molecule has 64 heavy (non-hydrogen) atoms. The summed E-state index contributed by atoms with van der Waals surface area (Å²) in [5.74, 6) is -6.45. The van der Waals surface area contributed by atoms with Crippen LogP contribution in [-0.4, -0.2) is 154 Å². The molecule has 2 saturated heterocycles. The number of carboxylic acid groups (broad SMARTS) is 1. The molecule has 3 aliphatic rings. The van der Waals surface area contributed by atoms with Crippen molar-refractivity contribution in [1.82, 2.24) is 0 Å². The molecule has 3 aliphatic heterocycles. The Morgan fingerprint density at radius 2 is 1.31 bits per heavy atom. The number of carboxylic acids is 1. The summed E-state index contributed by atoms with van der Waals surface area (Å²) < 4.78 is 23.3. The average molecular weight is 910 g/mol. The lowest BCUT2D eigenvalue weighted by Gasteiger charge is -2.45. The molecule has 0 aromatic carbocycles. The van der Waals surface area contributed by atoms with E-state index >= 15 is 0 Å². The van der Waals surface area contributed by atoms with Crippen LogP contribution in [0.25, 0.3) is 0 Å². The monoisotopic (exact) mass is 910 g/mol. The Kier molecular flexibility index (Phi) is 23.7. The van der Waals surface area contributed by atoms with Gasteiger partial charge in [-0.15, -0.1) is 0 Å². The first-order chi connectivity index (χ1) is 30.2. The zero-order chi connectivity index (χ0) is 47.6. The molecule has 0 amide bonds. The number of aliphatic hydroxyl groups is 9. The minimum atomic E-state index is -2.17. The van der Waals surface area contributed by atoms with E-state index in [0.717, 1.165) is 12.8 Å². The minimum absolute atomic E-state index is 0.0556. The van der Waals surface area contributed by atoms with Crippen molar-refractivity contribution in [2.24, 2.45) is 23.5 Å². The molecule has 2 fully saturated rings. The Bertz CT molecular complexity index is 1580. The van der Waals surface area contributed by atoms with Crippen molar-refractivity contribution in [3.8, 4) is 0 Å². The van der Waals surface area contributed by atoms with Gasteiger partial charge in [-0.3, -0.25) is 9.59 Å². The quantitative estimate of drug-likeness (QED) is 0.180. The minimum Gasteiger partial charge on any atom is -0.481 e. The van der Waals surface area contributed by atoms with Crippen molar-refractivity contribution in [2.45, 2.75) is 190 Å². The molecule has 0 aliphatic carbocycles. The molecule has 3 rings (SSSR count). The van der Waals surface area contributed by atoms with Gasteiger partial charge in [0.2, 0.25) is 0 Å². The smallest absolute Gasteiger partial charge is 0.311 e. The Labute approximate surface area is 376 Å². The van der Waals surface area contributed by atoms with E-state index in [1.54, 1.807) is 51.2 Å². The number of carbonyl (C=O) groups excluding carboxylic acids is 1. The second-order valence-corrected chi connectivity index (χ2v) is 17.7. The van der Waals surface area contributed by atoms with E-state index in [2.05, 4.69) is 0 Å². The van der Waals surface area contributed by atoms with Gasteiger partial charge in [-0.25, -0.2) is 0 Å². The molecule has 13 unspecified atom stereocenters. The predicted octanol–water partition coefficient (Wildman–Crippen LogP) is 1.96. The van der Waals surface area contributed by atoms with Gasteiger partial charge in [-0.05, 0) is 58.8 Å². The van der Waals surface area contributed by atoms with Crippen LogP contribution in [0.4, 0.5) is 0 Å². The average Bonchev–Trinajstić information content (AvgIpc) is 3.20. The summed E-state index contributed by atoms with van der Waals surface area (Å²) in [7, 11) is 0. The maximum absolute atomic E-state index is 12.6. The second-order valence-electron chi connectivity index (χ2n) is 17.7. The Morgan fingerprint density at radius 1 is 0.719 bits per heavy atom. The summed E-state index contributed by atoms with van der Waals surface area (Å²) in [6, 6.07) is -1.12. The number of fused-ring (bicyclic) bond motifs is 2. The number of esters is 1. The SMILES string of the molecule is CC1/C=C/C=C/CC/C=C/C=C/C=C/C=C/C(O[C@@H]2O[C@H](C)[C@@H](O)[C@H](N)[C@@H]2O)CC2OC(O)(CC(O)CCCC(O)CC(O)CC(O)CC(=O)OC(C)C(C)C1O)CC(O)C2C(=O)O. The van der Waals surface area contributed by atoms with E-state index in [1.165, 1.54) is 0 Å². The van der Waals surface area contributed by atoms with Gasteiger partial charge in [-0.2, -0.15) is 0 Å². The highest BCUT2D eigenvalue weighted by molar-refractivity contribution is 5.71. The highest BCUT2D eigenvalue weighted by Crippen LogP contribution is 2.38. The number of aliphatic carboxylic acids is 1. The van der Waals surface area contributed by atoms with Gasteiger partial charge in [0.05, 0.1) is 73.5 Å². The molecule has 2 bridgehead atoms. The molecule has 0 radical (unpaired) electrons. The maximum Gasteiger partial charge on any atom is 0.311 e. The van der Waals surface area contributed by atoms with Crippen molar-refractivity contribution in [2.75, 3.05) is 0 Å². The van der Waals surface area contributed by atoms with Crippen molar-refractivity contribution in [1.29, 1.82) is 0 Å².